The highest BCUT2D eigenvalue weighted by atomic mass is 79.9. The van der Waals surface area contributed by atoms with Gasteiger partial charge in [-0.05, 0) is 102 Å². The van der Waals surface area contributed by atoms with E-state index in [1.807, 2.05) is 0 Å². The van der Waals surface area contributed by atoms with E-state index >= 15 is 8.78 Å². The largest absolute Gasteiger partial charge is 0.493 e. The van der Waals surface area contributed by atoms with E-state index in [0.717, 1.165) is 61.3 Å². The van der Waals surface area contributed by atoms with Gasteiger partial charge in [-0.1, -0.05) is 53.4 Å². The molecular weight excluding hydrogens is 765 g/mol. The number of ether oxygens (including phenoxy) is 1. The van der Waals surface area contributed by atoms with Gasteiger partial charge in [-0.3, -0.25) is 4.79 Å². The minimum absolute atomic E-state index is 0.211. The SMILES string of the molecule is NC1CC2CCC(C1)N2C(=O)[C@@H](N(OC(=O)C(F)(F)F)S(=O)(=O)c1ccc(OCC2CCCCC2)cc1)C(F)(F)c1ccc2cc(Br)ccc2c1. The second-order valence-electron chi connectivity index (χ2n) is 13.5. The third-order valence-corrected chi connectivity index (χ3v) is 12.1. The van der Waals surface area contributed by atoms with Crippen LogP contribution in [-0.2, 0) is 30.4 Å². The molecule has 2 heterocycles. The summed E-state index contributed by atoms with van der Waals surface area (Å²) in [7, 11) is -5.58. The molecule has 2 N–H and O–H groups in total. The van der Waals surface area contributed by atoms with Gasteiger partial charge in [0.25, 0.3) is 15.9 Å². The van der Waals surface area contributed by atoms with Crippen molar-refractivity contribution >= 4 is 48.6 Å². The molecule has 276 valence electrons. The number of carbonyl (C=O) groups is 2. The predicted octanol–water partition coefficient (Wildman–Crippen LogP) is 7.21. The normalized spacial score (nSPS) is 22.3. The Morgan fingerprint density at radius 2 is 1.49 bits per heavy atom. The summed E-state index contributed by atoms with van der Waals surface area (Å²) in [4.78, 5) is 31.4. The lowest BCUT2D eigenvalue weighted by atomic mass is 9.90. The number of rotatable bonds is 10. The summed E-state index contributed by atoms with van der Waals surface area (Å²) in [5, 5.41) is 0.782. The number of hydrogen-bond acceptors (Lipinski definition) is 7. The Hall–Kier alpha value is -3.34. The van der Waals surface area contributed by atoms with Crippen LogP contribution in [0.15, 0.2) is 70.0 Å². The first-order chi connectivity index (χ1) is 24.1. The van der Waals surface area contributed by atoms with Crippen LogP contribution in [0.3, 0.4) is 0 Å². The van der Waals surface area contributed by atoms with Crippen molar-refractivity contribution in [3.8, 4) is 5.75 Å². The number of sulfonamides is 1. The third-order valence-electron chi connectivity index (χ3n) is 9.97. The average Bonchev–Trinajstić information content (AvgIpc) is 3.37. The van der Waals surface area contributed by atoms with Gasteiger partial charge in [-0.25, -0.2) is 13.2 Å². The monoisotopic (exact) mass is 801 g/mol. The van der Waals surface area contributed by atoms with E-state index in [1.165, 1.54) is 24.3 Å². The van der Waals surface area contributed by atoms with Gasteiger partial charge in [0.15, 0.2) is 0 Å². The van der Waals surface area contributed by atoms with Gasteiger partial charge in [0.2, 0.25) is 6.04 Å². The molecule has 2 saturated heterocycles. The number of amides is 1. The fraction of sp³-hybridized carbons (Fsp3) is 0.486. The van der Waals surface area contributed by atoms with Crippen molar-refractivity contribution < 1.29 is 49.5 Å². The van der Waals surface area contributed by atoms with Crippen LogP contribution in [0.5, 0.6) is 5.75 Å². The molecule has 16 heteroatoms. The molecule has 1 amide bonds. The fourth-order valence-electron chi connectivity index (χ4n) is 7.43. The van der Waals surface area contributed by atoms with E-state index in [2.05, 4.69) is 20.8 Å². The summed E-state index contributed by atoms with van der Waals surface area (Å²) in [5.41, 5.74) is 5.25. The number of fused-ring (bicyclic) bond motifs is 3. The molecule has 6 rings (SSSR count). The van der Waals surface area contributed by atoms with Gasteiger partial charge >= 0.3 is 18.1 Å². The molecule has 3 aliphatic rings. The molecule has 0 radical (unpaired) electrons. The quantitative estimate of drug-likeness (QED) is 0.170. The Kier molecular flexibility index (Phi) is 10.7. The molecule has 1 aliphatic carbocycles. The number of halogens is 6. The van der Waals surface area contributed by atoms with Gasteiger partial charge in [0.05, 0.1) is 11.5 Å². The van der Waals surface area contributed by atoms with Gasteiger partial charge in [-0.15, -0.1) is 0 Å². The highest BCUT2D eigenvalue weighted by Gasteiger charge is 2.60. The topological polar surface area (TPSA) is 119 Å². The molecule has 1 saturated carbocycles. The number of piperidine rings is 1. The van der Waals surface area contributed by atoms with E-state index < -0.39 is 67.1 Å². The molecule has 0 spiro atoms. The minimum atomic E-state index is -5.80. The van der Waals surface area contributed by atoms with E-state index in [4.69, 9.17) is 10.5 Å². The zero-order valence-corrected chi connectivity index (χ0v) is 29.7. The first-order valence-electron chi connectivity index (χ1n) is 16.8. The number of alkyl halides is 5. The Morgan fingerprint density at radius 3 is 2.12 bits per heavy atom. The second-order valence-corrected chi connectivity index (χ2v) is 16.2. The lowest BCUT2D eigenvalue weighted by molar-refractivity contribution is -0.240. The smallest absolute Gasteiger partial charge is 0.492 e. The predicted molar refractivity (Wildman–Crippen MR) is 180 cm³/mol. The van der Waals surface area contributed by atoms with Crippen LogP contribution in [-0.4, -0.2) is 66.6 Å². The number of nitrogens with zero attached hydrogens (tertiary/aromatic N) is 2. The average molecular weight is 803 g/mol. The van der Waals surface area contributed by atoms with Crippen molar-refractivity contribution in [2.24, 2.45) is 11.7 Å². The van der Waals surface area contributed by atoms with Gasteiger partial charge in [-0.2, -0.15) is 22.0 Å². The number of benzene rings is 3. The molecule has 3 atom stereocenters. The zero-order chi connectivity index (χ0) is 36.7. The van der Waals surface area contributed by atoms with E-state index in [1.54, 1.807) is 12.1 Å². The third kappa shape index (κ3) is 7.88. The molecule has 0 aromatic heterocycles. The van der Waals surface area contributed by atoms with Crippen LogP contribution in [0, 0.1) is 5.92 Å². The molecule has 51 heavy (non-hydrogen) atoms. The summed E-state index contributed by atoms with van der Waals surface area (Å²) in [5.74, 6) is -8.61. The van der Waals surface area contributed by atoms with Crippen molar-refractivity contribution in [1.82, 2.24) is 9.37 Å². The lowest BCUT2D eigenvalue weighted by Gasteiger charge is -2.42. The standard InChI is InChI=1S/C35H37BrF5N3O6S/c36-25-9-7-22-16-24(8-6-23(22)17-25)34(37,38)31(32(45)43-27-10-11-28(43)19-26(42)18-27)44(50-33(46)35(39,40)41)51(47,48)30-14-12-29(13-15-30)49-20-21-4-2-1-3-5-21/h6-9,12-17,21,26-28,31H,1-5,10-11,18-20,42H2/t26?,27?,28?,31-/m1/s1. The van der Waals surface area contributed by atoms with Crippen molar-refractivity contribution in [2.75, 3.05) is 6.61 Å². The highest BCUT2D eigenvalue weighted by Crippen LogP contribution is 2.44. The van der Waals surface area contributed by atoms with Crippen LogP contribution in [0.25, 0.3) is 10.8 Å². The molecule has 2 aliphatic heterocycles. The first-order valence-corrected chi connectivity index (χ1v) is 19.0. The van der Waals surface area contributed by atoms with Crippen molar-refractivity contribution in [1.29, 1.82) is 0 Å². The van der Waals surface area contributed by atoms with Crippen LogP contribution in [0.4, 0.5) is 22.0 Å². The Bertz CT molecular complexity index is 1860. The van der Waals surface area contributed by atoms with Gasteiger partial charge < -0.3 is 20.2 Å². The summed E-state index contributed by atoms with van der Waals surface area (Å²) in [6, 6.07) is 7.32. The maximum atomic E-state index is 17.1. The Balaban J connectivity index is 1.43. The summed E-state index contributed by atoms with van der Waals surface area (Å²) in [6.45, 7) is 0.356. The molecular formula is C35H37BrF5N3O6S. The summed E-state index contributed by atoms with van der Waals surface area (Å²) < 4.78 is 109. The molecule has 3 fully saturated rings. The fourth-order valence-corrected chi connectivity index (χ4v) is 9.17. The zero-order valence-electron chi connectivity index (χ0n) is 27.3. The van der Waals surface area contributed by atoms with Crippen molar-refractivity contribution in [2.45, 2.75) is 98.9 Å². The molecule has 9 nitrogen and oxygen atoms in total. The van der Waals surface area contributed by atoms with E-state index in [0.29, 0.717) is 35.2 Å². The number of hydroxylamine groups is 1. The van der Waals surface area contributed by atoms with Crippen LogP contribution >= 0.6 is 15.9 Å². The van der Waals surface area contributed by atoms with E-state index in [9.17, 15) is 31.2 Å². The van der Waals surface area contributed by atoms with Crippen LogP contribution in [0.2, 0.25) is 0 Å². The van der Waals surface area contributed by atoms with Crippen LogP contribution in [0.1, 0.15) is 63.4 Å². The van der Waals surface area contributed by atoms with Crippen molar-refractivity contribution in [3.63, 3.8) is 0 Å². The molecule has 3 aromatic carbocycles. The molecule has 3 aromatic rings. The number of hydrogen-bond donors (Lipinski definition) is 1. The van der Waals surface area contributed by atoms with Crippen molar-refractivity contribution in [3.05, 3.63) is 70.7 Å². The van der Waals surface area contributed by atoms with E-state index in [-0.39, 0.29) is 30.0 Å². The first kappa shape index (κ1) is 37.4. The Morgan fingerprint density at radius 1 is 0.882 bits per heavy atom. The number of nitrogens with two attached hydrogens (primary N) is 1. The Labute approximate surface area is 300 Å². The van der Waals surface area contributed by atoms with Crippen LogP contribution < -0.4 is 10.5 Å². The minimum Gasteiger partial charge on any atom is -0.493 e. The maximum absolute atomic E-state index is 17.1. The van der Waals surface area contributed by atoms with Gasteiger partial charge in [0, 0.05) is 28.2 Å². The second kappa shape index (κ2) is 14.6. The lowest BCUT2D eigenvalue weighted by Crippen LogP contribution is -2.62. The maximum Gasteiger partial charge on any atom is 0.492 e. The molecule has 2 unspecified atom stereocenters. The van der Waals surface area contributed by atoms with Gasteiger partial charge in [0.1, 0.15) is 5.75 Å². The summed E-state index contributed by atoms with van der Waals surface area (Å²) in [6.07, 6.45) is 0.536. The number of carbonyl (C=O) groups excluding carboxylic acids is 2. The highest BCUT2D eigenvalue weighted by molar-refractivity contribution is 9.10. The summed E-state index contributed by atoms with van der Waals surface area (Å²) >= 11 is 3.30. The molecule has 2 bridgehead atoms.